The third-order valence-electron chi connectivity index (χ3n) is 6.18. The average molecular weight is 344 g/mol. The van der Waals surface area contributed by atoms with E-state index in [1.165, 1.54) is 24.8 Å². The minimum Gasteiger partial charge on any atom is -0.393 e. The molecule has 2 unspecified atom stereocenters. The summed E-state index contributed by atoms with van der Waals surface area (Å²) in [4.78, 5) is 14.6. The van der Waals surface area contributed by atoms with Crippen LogP contribution in [-0.2, 0) is 10.2 Å². The van der Waals surface area contributed by atoms with Gasteiger partial charge in [-0.1, -0.05) is 49.6 Å². The lowest BCUT2D eigenvalue weighted by atomic mass is 9.69. The number of rotatable bonds is 6. The fourth-order valence-corrected chi connectivity index (χ4v) is 4.51. The molecule has 1 saturated carbocycles. The van der Waals surface area contributed by atoms with Crippen LogP contribution in [0.25, 0.3) is 0 Å². The van der Waals surface area contributed by atoms with Gasteiger partial charge in [0.25, 0.3) is 0 Å². The molecule has 1 aliphatic carbocycles. The summed E-state index contributed by atoms with van der Waals surface area (Å²) in [6.07, 6.45) is 6.81. The lowest BCUT2D eigenvalue weighted by Gasteiger charge is -2.38. The number of carbonyl (C=O) groups is 1. The first kappa shape index (κ1) is 18.4. The second-order valence-electron chi connectivity index (χ2n) is 8.01. The normalized spacial score (nSPS) is 24.8. The van der Waals surface area contributed by atoms with Gasteiger partial charge >= 0.3 is 0 Å². The van der Waals surface area contributed by atoms with E-state index in [1.54, 1.807) is 0 Å². The zero-order valence-corrected chi connectivity index (χ0v) is 15.4. The molecule has 2 N–H and O–H groups in total. The summed E-state index contributed by atoms with van der Waals surface area (Å²) in [7, 11) is 0. The summed E-state index contributed by atoms with van der Waals surface area (Å²) < 4.78 is 0. The van der Waals surface area contributed by atoms with Crippen LogP contribution >= 0.6 is 0 Å². The summed E-state index contributed by atoms with van der Waals surface area (Å²) in [6.45, 7) is 4.78. The summed E-state index contributed by atoms with van der Waals surface area (Å²) in [5.41, 5.74) is 1.47. The standard InChI is InChI=1S/C21H32N2O2/c1-17(24)18-10-13-23(14-18)15-20(25)22-16-21(11-6-3-7-12-21)19-8-4-2-5-9-19/h2,4-5,8-9,17-18,24H,3,6-7,10-16H2,1H3,(H,22,25). The van der Waals surface area contributed by atoms with Crippen molar-refractivity contribution in [1.82, 2.24) is 10.2 Å². The predicted octanol–water partition coefficient (Wildman–Crippen LogP) is 2.71. The van der Waals surface area contributed by atoms with Gasteiger partial charge in [-0.3, -0.25) is 9.69 Å². The Bertz CT molecular complexity index is 552. The second kappa shape index (κ2) is 8.33. The Kier molecular flexibility index (Phi) is 6.13. The van der Waals surface area contributed by atoms with E-state index in [9.17, 15) is 9.90 Å². The number of hydrogen-bond donors (Lipinski definition) is 2. The number of aliphatic hydroxyl groups excluding tert-OH is 1. The van der Waals surface area contributed by atoms with Gasteiger partial charge in [0.1, 0.15) is 0 Å². The lowest BCUT2D eigenvalue weighted by Crippen LogP contribution is -2.45. The predicted molar refractivity (Wildman–Crippen MR) is 100 cm³/mol. The van der Waals surface area contributed by atoms with Crippen LogP contribution in [0.1, 0.15) is 51.0 Å². The molecule has 2 atom stereocenters. The second-order valence-corrected chi connectivity index (χ2v) is 8.01. The van der Waals surface area contributed by atoms with E-state index >= 15 is 0 Å². The van der Waals surface area contributed by atoms with E-state index in [1.807, 2.05) is 6.92 Å². The van der Waals surface area contributed by atoms with Crippen molar-refractivity contribution in [2.75, 3.05) is 26.2 Å². The SMILES string of the molecule is CC(O)C1CCN(CC(=O)NCC2(c3ccccc3)CCCCC2)C1. The highest BCUT2D eigenvalue weighted by molar-refractivity contribution is 5.78. The van der Waals surface area contributed by atoms with Gasteiger partial charge in [-0.2, -0.15) is 0 Å². The van der Waals surface area contributed by atoms with Crippen LogP contribution in [0, 0.1) is 5.92 Å². The summed E-state index contributed by atoms with van der Waals surface area (Å²) >= 11 is 0. The minimum atomic E-state index is -0.281. The van der Waals surface area contributed by atoms with Crippen molar-refractivity contribution in [2.45, 2.75) is 57.0 Å². The van der Waals surface area contributed by atoms with Crippen molar-refractivity contribution < 1.29 is 9.90 Å². The maximum Gasteiger partial charge on any atom is 0.234 e. The van der Waals surface area contributed by atoms with E-state index < -0.39 is 0 Å². The molecule has 1 aromatic rings. The molecular formula is C21H32N2O2. The molecule has 1 aromatic carbocycles. The molecule has 25 heavy (non-hydrogen) atoms. The Morgan fingerprint density at radius 1 is 1.28 bits per heavy atom. The topological polar surface area (TPSA) is 52.6 Å². The number of amides is 1. The Morgan fingerprint density at radius 3 is 2.64 bits per heavy atom. The van der Waals surface area contributed by atoms with Crippen molar-refractivity contribution >= 4 is 5.91 Å². The fourth-order valence-electron chi connectivity index (χ4n) is 4.51. The number of benzene rings is 1. The summed E-state index contributed by atoms with van der Waals surface area (Å²) in [5.74, 6) is 0.425. The van der Waals surface area contributed by atoms with Crippen LogP contribution in [0.3, 0.4) is 0 Å². The molecule has 1 aliphatic heterocycles. The zero-order valence-electron chi connectivity index (χ0n) is 15.4. The third-order valence-corrected chi connectivity index (χ3v) is 6.18. The molecule has 4 nitrogen and oxygen atoms in total. The lowest BCUT2D eigenvalue weighted by molar-refractivity contribution is -0.122. The maximum absolute atomic E-state index is 12.5. The van der Waals surface area contributed by atoms with Crippen LogP contribution in [0.4, 0.5) is 0 Å². The molecule has 1 saturated heterocycles. The Morgan fingerprint density at radius 2 is 2.00 bits per heavy atom. The van der Waals surface area contributed by atoms with Gasteiger partial charge < -0.3 is 10.4 Å². The quantitative estimate of drug-likeness (QED) is 0.834. The fraction of sp³-hybridized carbons (Fsp3) is 0.667. The third kappa shape index (κ3) is 4.62. The van der Waals surface area contributed by atoms with Crippen LogP contribution < -0.4 is 5.32 Å². The van der Waals surface area contributed by atoms with E-state index in [2.05, 4.69) is 40.5 Å². The molecule has 4 heteroatoms. The molecule has 0 spiro atoms. The van der Waals surface area contributed by atoms with E-state index in [0.717, 1.165) is 38.9 Å². The largest absolute Gasteiger partial charge is 0.393 e. The van der Waals surface area contributed by atoms with Gasteiger partial charge in [-0.05, 0) is 44.2 Å². The first-order valence-corrected chi connectivity index (χ1v) is 9.82. The van der Waals surface area contributed by atoms with Gasteiger partial charge in [-0.15, -0.1) is 0 Å². The molecular weight excluding hydrogens is 312 g/mol. The van der Waals surface area contributed by atoms with Crippen molar-refractivity contribution in [3.8, 4) is 0 Å². The molecule has 1 heterocycles. The Balaban J connectivity index is 1.56. The van der Waals surface area contributed by atoms with Gasteiger partial charge in [0, 0.05) is 18.5 Å². The Labute approximate surface area is 151 Å². The van der Waals surface area contributed by atoms with Gasteiger partial charge in [0.05, 0.1) is 12.6 Å². The number of hydrogen-bond acceptors (Lipinski definition) is 3. The highest BCUT2D eigenvalue weighted by Crippen LogP contribution is 2.38. The smallest absolute Gasteiger partial charge is 0.234 e. The molecule has 0 aromatic heterocycles. The molecule has 2 aliphatic rings. The first-order valence-electron chi connectivity index (χ1n) is 9.82. The van der Waals surface area contributed by atoms with Crippen LogP contribution in [0.15, 0.2) is 30.3 Å². The molecule has 3 rings (SSSR count). The maximum atomic E-state index is 12.5. The van der Waals surface area contributed by atoms with Crippen molar-refractivity contribution in [3.63, 3.8) is 0 Å². The molecule has 1 amide bonds. The van der Waals surface area contributed by atoms with E-state index in [4.69, 9.17) is 0 Å². The van der Waals surface area contributed by atoms with E-state index in [0.29, 0.717) is 12.5 Å². The molecule has 138 valence electrons. The zero-order chi connectivity index (χ0) is 17.7. The number of nitrogens with one attached hydrogen (secondary N) is 1. The highest BCUT2D eigenvalue weighted by Gasteiger charge is 2.34. The molecule has 0 radical (unpaired) electrons. The molecule has 2 fully saturated rings. The number of nitrogens with zero attached hydrogens (tertiary/aromatic N) is 1. The average Bonchev–Trinajstić information content (AvgIpc) is 3.10. The Hall–Kier alpha value is -1.39. The van der Waals surface area contributed by atoms with E-state index in [-0.39, 0.29) is 17.4 Å². The highest BCUT2D eigenvalue weighted by atomic mass is 16.3. The van der Waals surface area contributed by atoms with Crippen LogP contribution in [0.5, 0.6) is 0 Å². The van der Waals surface area contributed by atoms with Crippen LogP contribution in [-0.4, -0.2) is 48.2 Å². The first-order chi connectivity index (χ1) is 12.1. The summed E-state index contributed by atoms with van der Waals surface area (Å²) in [6, 6.07) is 10.7. The van der Waals surface area contributed by atoms with Gasteiger partial charge in [-0.25, -0.2) is 0 Å². The number of aliphatic hydroxyl groups is 1. The number of carbonyl (C=O) groups excluding carboxylic acids is 1. The van der Waals surface area contributed by atoms with Crippen molar-refractivity contribution in [3.05, 3.63) is 35.9 Å². The van der Waals surface area contributed by atoms with Gasteiger partial charge in [0.2, 0.25) is 5.91 Å². The van der Waals surface area contributed by atoms with Gasteiger partial charge in [0.15, 0.2) is 0 Å². The summed E-state index contributed by atoms with van der Waals surface area (Å²) in [5, 5.41) is 12.9. The van der Waals surface area contributed by atoms with Crippen LogP contribution in [0.2, 0.25) is 0 Å². The number of likely N-dealkylation sites (tertiary alicyclic amines) is 1. The monoisotopic (exact) mass is 344 g/mol. The minimum absolute atomic E-state index is 0.0995. The molecule has 0 bridgehead atoms. The van der Waals surface area contributed by atoms with Crippen molar-refractivity contribution in [2.24, 2.45) is 5.92 Å². The van der Waals surface area contributed by atoms with Crippen molar-refractivity contribution in [1.29, 1.82) is 0 Å².